The van der Waals surface area contributed by atoms with E-state index in [1.165, 1.54) is 4.90 Å². The number of aliphatic hydroxyl groups is 1. The quantitative estimate of drug-likeness (QED) is 0.400. The van der Waals surface area contributed by atoms with E-state index in [0.29, 0.717) is 39.4 Å². The Morgan fingerprint density at radius 2 is 1.55 bits per heavy atom. The molecule has 0 atom stereocenters. The fourth-order valence-corrected chi connectivity index (χ4v) is 3.47. The van der Waals surface area contributed by atoms with Crippen LogP contribution in [0.5, 0.6) is 5.75 Å². The molecule has 0 saturated carbocycles. The van der Waals surface area contributed by atoms with Crippen LogP contribution >= 0.6 is 0 Å². The first kappa shape index (κ1) is 29.8. The van der Waals surface area contributed by atoms with Crippen LogP contribution in [-0.2, 0) is 24.5 Å². The van der Waals surface area contributed by atoms with Gasteiger partial charge in [-0.05, 0) is 75.2 Å². The van der Waals surface area contributed by atoms with E-state index < -0.39 is 11.7 Å². The molecule has 0 spiro atoms. The number of hydrogen-bond donors (Lipinski definition) is 1. The van der Waals surface area contributed by atoms with Gasteiger partial charge in [0.05, 0.1) is 42.1 Å². The SMILES string of the molecule is CC.Cc1ncc(CN(C(=O)OC(C)(C)C)c2ccc(C#N)cc2)c(CO)c1OCc1ccc(C#N)cc1. The van der Waals surface area contributed by atoms with Gasteiger partial charge in [0.15, 0.2) is 0 Å². The number of aromatic nitrogens is 1. The number of benzene rings is 2. The van der Waals surface area contributed by atoms with Crippen LogP contribution in [0.15, 0.2) is 54.7 Å². The molecular weight excluding hydrogens is 480 g/mol. The lowest BCUT2D eigenvalue weighted by molar-refractivity contribution is 0.0577. The molecule has 3 rings (SSSR count). The minimum atomic E-state index is -0.720. The molecule has 0 aliphatic rings. The van der Waals surface area contributed by atoms with Crippen LogP contribution in [0.4, 0.5) is 10.5 Å². The summed E-state index contributed by atoms with van der Waals surface area (Å²) in [6.45, 7) is 11.1. The van der Waals surface area contributed by atoms with Crippen molar-refractivity contribution in [1.82, 2.24) is 4.98 Å². The van der Waals surface area contributed by atoms with Gasteiger partial charge in [-0.3, -0.25) is 9.88 Å². The number of aliphatic hydroxyl groups excluding tert-OH is 1. The first-order valence-electron chi connectivity index (χ1n) is 12.4. The smallest absolute Gasteiger partial charge is 0.415 e. The molecule has 1 amide bonds. The van der Waals surface area contributed by atoms with Crippen molar-refractivity contribution in [1.29, 1.82) is 10.5 Å². The third kappa shape index (κ3) is 8.06. The maximum absolute atomic E-state index is 13.1. The van der Waals surface area contributed by atoms with E-state index in [9.17, 15) is 9.90 Å². The zero-order chi connectivity index (χ0) is 28.3. The Morgan fingerprint density at radius 1 is 1.00 bits per heavy atom. The lowest BCUT2D eigenvalue weighted by Gasteiger charge is -2.28. The van der Waals surface area contributed by atoms with Crippen LogP contribution in [-0.4, -0.2) is 21.8 Å². The predicted octanol–water partition coefficient (Wildman–Crippen LogP) is 6.17. The number of aryl methyl sites for hydroxylation is 1. The van der Waals surface area contributed by atoms with Gasteiger partial charge < -0.3 is 14.6 Å². The molecule has 0 aliphatic carbocycles. The van der Waals surface area contributed by atoms with Crippen LogP contribution in [0.3, 0.4) is 0 Å². The fraction of sp³-hybridized carbons (Fsp3) is 0.333. The molecule has 1 N–H and O–H groups in total. The van der Waals surface area contributed by atoms with Crippen molar-refractivity contribution in [2.45, 2.75) is 66.9 Å². The van der Waals surface area contributed by atoms with Crippen molar-refractivity contribution < 1.29 is 19.4 Å². The topological polar surface area (TPSA) is 119 Å². The number of amides is 1. The number of nitriles is 2. The van der Waals surface area contributed by atoms with Crippen molar-refractivity contribution >= 4 is 11.8 Å². The molecule has 8 nitrogen and oxygen atoms in total. The normalized spacial score (nSPS) is 10.3. The monoisotopic (exact) mass is 514 g/mol. The summed E-state index contributed by atoms with van der Waals surface area (Å²) in [7, 11) is 0. The Morgan fingerprint density at radius 3 is 2.05 bits per heavy atom. The molecule has 38 heavy (non-hydrogen) atoms. The number of ether oxygens (including phenoxy) is 2. The fourth-order valence-electron chi connectivity index (χ4n) is 3.47. The highest BCUT2D eigenvalue weighted by Gasteiger charge is 2.26. The zero-order valence-corrected chi connectivity index (χ0v) is 22.8. The molecule has 0 radical (unpaired) electrons. The third-order valence-electron chi connectivity index (χ3n) is 5.28. The second-order valence-electron chi connectivity index (χ2n) is 9.16. The summed E-state index contributed by atoms with van der Waals surface area (Å²) in [6.07, 6.45) is 1.04. The lowest BCUT2D eigenvalue weighted by Crippen LogP contribution is -2.36. The molecule has 2 aromatic carbocycles. The molecule has 1 heterocycles. The predicted molar refractivity (Wildman–Crippen MR) is 145 cm³/mol. The molecule has 0 unspecified atom stereocenters. The van der Waals surface area contributed by atoms with Crippen LogP contribution in [0.1, 0.15) is 68.1 Å². The van der Waals surface area contributed by atoms with Crippen molar-refractivity contribution in [3.8, 4) is 17.9 Å². The summed E-state index contributed by atoms with van der Waals surface area (Å²) in [5.41, 5.74) is 3.39. The molecule has 0 fully saturated rings. The van der Waals surface area contributed by atoms with Crippen LogP contribution in [0, 0.1) is 29.6 Å². The molecule has 0 saturated heterocycles. The van der Waals surface area contributed by atoms with Crippen LogP contribution in [0.25, 0.3) is 0 Å². The Labute approximate surface area is 224 Å². The van der Waals surface area contributed by atoms with Crippen molar-refractivity contribution in [2.75, 3.05) is 4.90 Å². The molecule has 1 aromatic heterocycles. The second kappa shape index (κ2) is 13.8. The van der Waals surface area contributed by atoms with Gasteiger partial charge >= 0.3 is 6.09 Å². The van der Waals surface area contributed by atoms with E-state index in [1.807, 2.05) is 13.8 Å². The third-order valence-corrected chi connectivity index (χ3v) is 5.28. The number of rotatable bonds is 7. The number of nitrogens with zero attached hydrogens (tertiary/aromatic N) is 4. The van der Waals surface area contributed by atoms with E-state index in [1.54, 1.807) is 82.4 Å². The highest BCUT2D eigenvalue weighted by Crippen LogP contribution is 2.29. The summed E-state index contributed by atoms with van der Waals surface area (Å²) in [4.78, 5) is 19.0. The summed E-state index contributed by atoms with van der Waals surface area (Å²) in [5.74, 6) is 0.434. The minimum absolute atomic E-state index is 0.0667. The Kier molecular flexibility index (Phi) is 10.8. The lowest BCUT2D eigenvalue weighted by atomic mass is 10.1. The molecule has 0 aliphatic heterocycles. The van der Waals surface area contributed by atoms with E-state index in [4.69, 9.17) is 20.0 Å². The summed E-state index contributed by atoms with van der Waals surface area (Å²) >= 11 is 0. The number of pyridine rings is 1. The van der Waals surface area contributed by atoms with Gasteiger partial charge in [0.2, 0.25) is 0 Å². The first-order chi connectivity index (χ1) is 18.1. The second-order valence-corrected chi connectivity index (χ2v) is 9.16. The maximum atomic E-state index is 13.1. The van der Waals surface area contributed by atoms with E-state index in [-0.39, 0.29) is 19.8 Å². The highest BCUT2D eigenvalue weighted by molar-refractivity contribution is 5.88. The van der Waals surface area contributed by atoms with Gasteiger partial charge in [0.1, 0.15) is 18.0 Å². The average Bonchev–Trinajstić information content (AvgIpc) is 2.92. The van der Waals surface area contributed by atoms with Gasteiger partial charge in [0.25, 0.3) is 0 Å². The largest absolute Gasteiger partial charge is 0.487 e. The Bertz CT molecular complexity index is 1300. The number of hydrogen-bond acceptors (Lipinski definition) is 7. The average molecular weight is 515 g/mol. The standard InChI is InChI=1S/C28H28N4O4.C2H6/c1-19-26(35-18-22-7-5-20(13-29)6-8-22)25(17-33)23(15-31-19)16-32(27(34)36-28(2,3)4)24-11-9-21(14-30)10-12-24;1-2/h5-12,15,33H,16-18H2,1-4H3;1-2H3. The Balaban J connectivity index is 0.00000247. The van der Waals surface area contributed by atoms with E-state index in [0.717, 1.165) is 5.56 Å². The summed E-state index contributed by atoms with van der Waals surface area (Å²) < 4.78 is 11.7. The molecule has 3 aromatic rings. The van der Waals surface area contributed by atoms with Crippen LogP contribution < -0.4 is 9.64 Å². The van der Waals surface area contributed by atoms with Gasteiger partial charge in [0, 0.05) is 17.4 Å². The van der Waals surface area contributed by atoms with E-state index in [2.05, 4.69) is 17.1 Å². The van der Waals surface area contributed by atoms with Gasteiger partial charge in [-0.15, -0.1) is 0 Å². The molecule has 0 bridgehead atoms. The molecule has 198 valence electrons. The van der Waals surface area contributed by atoms with Crippen molar-refractivity contribution in [3.63, 3.8) is 0 Å². The number of anilines is 1. The molecular formula is C30H34N4O4. The molecule has 8 heteroatoms. The summed E-state index contributed by atoms with van der Waals surface area (Å²) in [6, 6.07) is 17.8. The Hall–Kier alpha value is -4.40. The van der Waals surface area contributed by atoms with Gasteiger partial charge in [-0.2, -0.15) is 10.5 Å². The maximum Gasteiger partial charge on any atom is 0.415 e. The zero-order valence-electron chi connectivity index (χ0n) is 22.8. The van der Waals surface area contributed by atoms with Gasteiger partial charge in [-0.25, -0.2) is 4.79 Å². The van der Waals surface area contributed by atoms with Gasteiger partial charge in [-0.1, -0.05) is 26.0 Å². The van der Waals surface area contributed by atoms with Crippen LogP contribution in [0.2, 0.25) is 0 Å². The van der Waals surface area contributed by atoms with E-state index >= 15 is 0 Å². The number of carbonyl (C=O) groups excluding carboxylic acids is 1. The summed E-state index contributed by atoms with van der Waals surface area (Å²) in [5, 5.41) is 28.4. The minimum Gasteiger partial charge on any atom is -0.487 e. The van der Waals surface area contributed by atoms with Crippen molar-refractivity contribution in [3.05, 3.63) is 88.2 Å². The number of carbonyl (C=O) groups is 1. The van der Waals surface area contributed by atoms with Crippen molar-refractivity contribution in [2.24, 2.45) is 0 Å². The highest BCUT2D eigenvalue weighted by atomic mass is 16.6. The first-order valence-corrected chi connectivity index (χ1v) is 12.4.